The summed E-state index contributed by atoms with van der Waals surface area (Å²) < 4.78 is 13.2. The van der Waals surface area contributed by atoms with Crippen LogP contribution in [-0.4, -0.2) is 5.84 Å². The van der Waals surface area contributed by atoms with Gasteiger partial charge in [0.1, 0.15) is 12.4 Å². The maximum Gasteiger partial charge on any atom is 0.171 e. The molecule has 0 unspecified atom stereocenters. The normalized spacial score (nSPS) is 11.5. The van der Waals surface area contributed by atoms with Gasteiger partial charge in [-0.25, -0.2) is 4.39 Å². The average molecular weight is 250 g/mol. The molecule has 0 bridgehead atoms. The molecule has 0 spiro atoms. The highest BCUT2D eigenvalue weighted by Gasteiger charge is 2.02. The molecule has 0 aliphatic rings. The van der Waals surface area contributed by atoms with Gasteiger partial charge >= 0.3 is 0 Å². The van der Waals surface area contributed by atoms with Gasteiger partial charge in [0.05, 0.1) is 0 Å². The van der Waals surface area contributed by atoms with Gasteiger partial charge < -0.3 is 10.6 Å². The number of nitrogens with zero attached hydrogens (tertiary/aromatic N) is 1. The van der Waals surface area contributed by atoms with E-state index in [1.54, 1.807) is 18.2 Å². The molecule has 1 aromatic heterocycles. The van der Waals surface area contributed by atoms with Gasteiger partial charge in [0, 0.05) is 16.5 Å². The Labute approximate surface area is 102 Å². The van der Waals surface area contributed by atoms with Crippen molar-refractivity contribution < 1.29 is 9.23 Å². The second-order valence-electron chi connectivity index (χ2n) is 3.35. The topological polar surface area (TPSA) is 47.6 Å². The molecule has 5 heteroatoms. The highest BCUT2D eigenvalue weighted by atomic mass is 32.1. The van der Waals surface area contributed by atoms with E-state index in [0.717, 1.165) is 5.56 Å². The van der Waals surface area contributed by atoms with Crippen molar-refractivity contribution in [1.29, 1.82) is 0 Å². The molecule has 2 rings (SSSR count). The lowest BCUT2D eigenvalue weighted by Gasteiger charge is -2.02. The van der Waals surface area contributed by atoms with E-state index in [-0.39, 0.29) is 12.4 Å². The van der Waals surface area contributed by atoms with Crippen LogP contribution in [-0.2, 0) is 11.4 Å². The first-order valence-corrected chi connectivity index (χ1v) is 5.93. The summed E-state index contributed by atoms with van der Waals surface area (Å²) in [4.78, 5) is 5.01. The van der Waals surface area contributed by atoms with E-state index in [2.05, 4.69) is 5.16 Å². The molecule has 2 N–H and O–H groups in total. The fourth-order valence-electron chi connectivity index (χ4n) is 1.25. The van der Waals surface area contributed by atoms with Gasteiger partial charge in [-0.2, -0.15) is 11.3 Å². The second kappa shape index (κ2) is 5.45. The highest BCUT2D eigenvalue weighted by molar-refractivity contribution is 7.08. The number of hydrogen-bond acceptors (Lipinski definition) is 3. The van der Waals surface area contributed by atoms with Gasteiger partial charge in [-0.05, 0) is 17.5 Å². The maximum absolute atomic E-state index is 13.2. The van der Waals surface area contributed by atoms with E-state index < -0.39 is 0 Å². The maximum atomic E-state index is 13.2. The van der Waals surface area contributed by atoms with Crippen LogP contribution in [0.2, 0.25) is 0 Å². The Morgan fingerprint density at radius 3 is 2.88 bits per heavy atom. The molecular weight excluding hydrogens is 239 g/mol. The van der Waals surface area contributed by atoms with Crippen molar-refractivity contribution in [1.82, 2.24) is 0 Å². The Morgan fingerprint density at radius 1 is 1.35 bits per heavy atom. The summed E-state index contributed by atoms with van der Waals surface area (Å²) in [6.45, 7) is 0.0670. The SMILES string of the molecule is N/C(=N/OCc1ccccc1F)c1ccsc1. The van der Waals surface area contributed by atoms with E-state index >= 15 is 0 Å². The fraction of sp³-hybridized carbons (Fsp3) is 0.0833. The number of halogens is 1. The zero-order chi connectivity index (χ0) is 12.1. The van der Waals surface area contributed by atoms with Crippen LogP contribution in [0.15, 0.2) is 46.2 Å². The zero-order valence-electron chi connectivity index (χ0n) is 8.97. The van der Waals surface area contributed by atoms with Crippen LogP contribution in [0.3, 0.4) is 0 Å². The molecule has 0 radical (unpaired) electrons. The number of thiophene rings is 1. The molecule has 1 aromatic carbocycles. The number of benzene rings is 1. The Morgan fingerprint density at radius 2 is 2.18 bits per heavy atom. The van der Waals surface area contributed by atoms with Gasteiger partial charge in [0.25, 0.3) is 0 Å². The van der Waals surface area contributed by atoms with Crippen molar-refractivity contribution >= 4 is 17.2 Å². The van der Waals surface area contributed by atoms with Gasteiger partial charge in [0.15, 0.2) is 5.84 Å². The summed E-state index contributed by atoms with van der Waals surface area (Å²) in [6, 6.07) is 8.24. The summed E-state index contributed by atoms with van der Waals surface area (Å²) in [7, 11) is 0. The standard InChI is InChI=1S/C12H11FN2OS/c13-11-4-2-1-3-9(11)7-16-15-12(14)10-5-6-17-8-10/h1-6,8H,7H2,(H2,14,15). The van der Waals surface area contributed by atoms with E-state index in [1.165, 1.54) is 17.4 Å². The predicted octanol–water partition coefficient (Wildman–Crippen LogP) is 2.72. The average Bonchev–Trinajstić information content (AvgIpc) is 2.85. The third-order valence-corrected chi connectivity index (χ3v) is 2.84. The molecule has 0 aliphatic heterocycles. The van der Waals surface area contributed by atoms with E-state index in [0.29, 0.717) is 11.4 Å². The van der Waals surface area contributed by atoms with Crippen molar-refractivity contribution in [3.63, 3.8) is 0 Å². The number of hydrogen-bond donors (Lipinski definition) is 1. The number of rotatable bonds is 4. The minimum absolute atomic E-state index is 0.0670. The number of amidine groups is 1. The van der Waals surface area contributed by atoms with Gasteiger partial charge in [0.2, 0.25) is 0 Å². The molecule has 0 fully saturated rings. The first kappa shape index (κ1) is 11.6. The number of oxime groups is 1. The Hall–Kier alpha value is -1.88. The van der Waals surface area contributed by atoms with Crippen molar-refractivity contribution in [3.8, 4) is 0 Å². The monoisotopic (exact) mass is 250 g/mol. The third-order valence-electron chi connectivity index (χ3n) is 2.16. The quantitative estimate of drug-likeness (QED) is 0.515. The molecule has 17 heavy (non-hydrogen) atoms. The Balaban J connectivity index is 1.96. The van der Waals surface area contributed by atoms with Crippen molar-refractivity contribution in [2.45, 2.75) is 6.61 Å². The lowest BCUT2D eigenvalue weighted by Crippen LogP contribution is -2.12. The summed E-state index contributed by atoms with van der Waals surface area (Å²) in [5.41, 5.74) is 6.94. The first-order valence-electron chi connectivity index (χ1n) is 4.99. The summed E-state index contributed by atoms with van der Waals surface area (Å²) in [6.07, 6.45) is 0. The Bertz CT molecular complexity index is 511. The largest absolute Gasteiger partial charge is 0.389 e. The predicted molar refractivity (Wildman–Crippen MR) is 66.2 cm³/mol. The van der Waals surface area contributed by atoms with Crippen LogP contribution >= 0.6 is 11.3 Å². The van der Waals surface area contributed by atoms with Gasteiger partial charge in [-0.15, -0.1) is 0 Å². The van der Waals surface area contributed by atoms with Crippen LogP contribution in [0, 0.1) is 5.82 Å². The molecule has 0 atom stereocenters. The summed E-state index contributed by atoms with van der Waals surface area (Å²) in [5.74, 6) is -0.0144. The van der Waals surface area contributed by atoms with Crippen molar-refractivity contribution in [3.05, 3.63) is 58.0 Å². The summed E-state index contributed by atoms with van der Waals surface area (Å²) >= 11 is 1.52. The van der Waals surface area contributed by atoms with Gasteiger partial charge in [-0.1, -0.05) is 23.4 Å². The minimum atomic E-state index is -0.309. The van der Waals surface area contributed by atoms with Crippen LogP contribution in [0.25, 0.3) is 0 Å². The lowest BCUT2D eigenvalue weighted by molar-refractivity contribution is 0.127. The molecule has 3 nitrogen and oxygen atoms in total. The smallest absolute Gasteiger partial charge is 0.171 e. The third kappa shape index (κ3) is 3.04. The Kier molecular flexibility index (Phi) is 3.72. The summed E-state index contributed by atoms with van der Waals surface area (Å²) in [5, 5.41) is 7.50. The number of nitrogens with two attached hydrogens (primary N) is 1. The molecule has 2 aromatic rings. The van der Waals surface area contributed by atoms with Crippen LogP contribution in [0.1, 0.15) is 11.1 Å². The van der Waals surface area contributed by atoms with E-state index in [1.807, 2.05) is 16.8 Å². The molecule has 0 saturated heterocycles. The van der Waals surface area contributed by atoms with Crippen molar-refractivity contribution in [2.24, 2.45) is 10.9 Å². The molecule has 0 aliphatic carbocycles. The first-order chi connectivity index (χ1) is 8.27. The molecule has 88 valence electrons. The molecular formula is C12H11FN2OS. The second-order valence-corrected chi connectivity index (χ2v) is 4.13. The van der Waals surface area contributed by atoms with Crippen LogP contribution < -0.4 is 5.73 Å². The van der Waals surface area contributed by atoms with E-state index in [4.69, 9.17) is 10.6 Å². The zero-order valence-corrected chi connectivity index (χ0v) is 9.78. The fourth-order valence-corrected chi connectivity index (χ4v) is 1.90. The lowest BCUT2D eigenvalue weighted by atomic mass is 10.2. The van der Waals surface area contributed by atoms with Crippen LogP contribution in [0.5, 0.6) is 0 Å². The molecule has 0 amide bonds. The minimum Gasteiger partial charge on any atom is -0.389 e. The van der Waals surface area contributed by atoms with Crippen LogP contribution in [0.4, 0.5) is 4.39 Å². The van der Waals surface area contributed by atoms with E-state index in [9.17, 15) is 4.39 Å². The molecule has 1 heterocycles. The highest BCUT2D eigenvalue weighted by Crippen LogP contribution is 2.09. The van der Waals surface area contributed by atoms with Crippen molar-refractivity contribution in [2.75, 3.05) is 0 Å². The molecule has 0 saturated carbocycles. The van der Waals surface area contributed by atoms with Gasteiger partial charge in [-0.3, -0.25) is 0 Å².